The zero-order valence-electron chi connectivity index (χ0n) is 13.3. The number of nitrogen functional groups attached to an aromatic ring is 1. The van der Waals surface area contributed by atoms with Gasteiger partial charge in [-0.05, 0) is 53.3 Å². The Morgan fingerprint density at radius 1 is 1.33 bits per heavy atom. The molecule has 0 atom stereocenters. The van der Waals surface area contributed by atoms with E-state index in [0.717, 1.165) is 35.5 Å². The molecule has 0 amide bonds. The maximum absolute atomic E-state index is 5.78. The van der Waals surface area contributed by atoms with Crippen molar-refractivity contribution < 1.29 is 0 Å². The van der Waals surface area contributed by atoms with Crippen molar-refractivity contribution in [3.63, 3.8) is 0 Å². The Balaban J connectivity index is 1.89. The lowest BCUT2D eigenvalue weighted by atomic mass is 10.2. The lowest BCUT2D eigenvalue weighted by Gasteiger charge is -2.20. The molecule has 3 N–H and O–H groups in total. The largest absolute Gasteiger partial charge is 0.369 e. The van der Waals surface area contributed by atoms with Crippen LogP contribution in [0.2, 0.25) is 0 Å². The average molecular weight is 307 g/mol. The van der Waals surface area contributed by atoms with Crippen LogP contribution >= 0.6 is 11.3 Å². The average Bonchev–Trinajstić information content (AvgIpc) is 2.77. The number of aromatic nitrogens is 2. The van der Waals surface area contributed by atoms with E-state index >= 15 is 0 Å². The van der Waals surface area contributed by atoms with Crippen LogP contribution in [0.25, 0.3) is 10.2 Å². The molecule has 0 unspecified atom stereocenters. The van der Waals surface area contributed by atoms with Crippen molar-refractivity contribution in [1.29, 1.82) is 0 Å². The lowest BCUT2D eigenvalue weighted by molar-refractivity contribution is 0.269. The molecule has 0 radical (unpaired) electrons. The summed E-state index contributed by atoms with van der Waals surface area (Å²) < 4.78 is 0. The van der Waals surface area contributed by atoms with Crippen molar-refractivity contribution in [3.8, 4) is 0 Å². The standard InChI is InChI=1S/C15H25N5S/c1-10(2)20(4)8-6-5-7-17-13-12-9-11(3)21-14(12)19-15(16)18-13/h9-10H,5-8H2,1-4H3,(H3,16,17,18,19). The van der Waals surface area contributed by atoms with Crippen LogP contribution in [0.3, 0.4) is 0 Å². The van der Waals surface area contributed by atoms with Gasteiger partial charge in [-0.15, -0.1) is 11.3 Å². The monoisotopic (exact) mass is 307 g/mol. The van der Waals surface area contributed by atoms with Gasteiger partial charge in [0.25, 0.3) is 0 Å². The predicted molar refractivity (Wildman–Crippen MR) is 92.1 cm³/mol. The first-order valence-electron chi connectivity index (χ1n) is 7.45. The molecular formula is C15H25N5S. The Hall–Kier alpha value is -1.40. The van der Waals surface area contributed by atoms with Gasteiger partial charge in [0.05, 0.1) is 5.39 Å². The first-order valence-corrected chi connectivity index (χ1v) is 8.27. The highest BCUT2D eigenvalue weighted by molar-refractivity contribution is 7.18. The molecule has 2 aromatic heterocycles. The number of thiophene rings is 1. The van der Waals surface area contributed by atoms with Crippen molar-refractivity contribution >= 4 is 33.3 Å². The zero-order valence-corrected chi connectivity index (χ0v) is 14.1. The highest BCUT2D eigenvalue weighted by Gasteiger charge is 2.09. The van der Waals surface area contributed by atoms with E-state index in [1.165, 1.54) is 11.3 Å². The Morgan fingerprint density at radius 3 is 2.81 bits per heavy atom. The third kappa shape index (κ3) is 4.28. The Labute approximate surface area is 130 Å². The molecular weight excluding hydrogens is 282 g/mol. The highest BCUT2D eigenvalue weighted by atomic mass is 32.1. The van der Waals surface area contributed by atoms with Gasteiger partial charge in [0.2, 0.25) is 5.95 Å². The van der Waals surface area contributed by atoms with Gasteiger partial charge in [-0.2, -0.15) is 4.98 Å². The van der Waals surface area contributed by atoms with Crippen molar-refractivity contribution in [3.05, 3.63) is 10.9 Å². The fourth-order valence-corrected chi connectivity index (χ4v) is 3.03. The highest BCUT2D eigenvalue weighted by Crippen LogP contribution is 2.28. The van der Waals surface area contributed by atoms with Crippen molar-refractivity contribution in [2.75, 3.05) is 31.2 Å². The summed E-state index contributed by atoms with van der Waals surface area (Å²) in [4.78, 5) is 13.2. The molecule has 0 aromatic carbocycles. The number of nitrogens with one attached hydrogen (secondary N) is 1. The van der Waals surface area contributed by atoms with Gasteiger partial charge in [0.15, 0.2) is 0 Å². The van der Waals surface area contributed by atoms with E-state index in [-0.39, 0.29) is 0 Å². The summed E-state index contributed by atoms with van der Waals surface area (Å²) in [5.41, 5.74) is 5.78. The molecule has 0 aliphatic rings. The Kier molecular flexibility index (Phi) is 5.36. The van der Waals surface area contributed by atoms with Crippen LogP contribution in [0.5, 0.6) is 0 Å². The van der Waals surface area contributed by atoms with Crippen molar-refractivity contribution in [2.45, 2.75) is 39.7 Å². The van der Waals surface area contributed by atoms with Crippen LogP contribution in [0.4, 0.5) is 11.8 Å². The lowest BCUT2D eigenvalue weighted by Crippen LogP contribution is -2.27. The van der Waals surface area contributed by atoms with Crippen molar-refractivity contribution in [1.82, 2.24) is 14.9 Å². The second kappa shape index (κ2) is 7.04. The normalized spacial score (nSPS) is 11.7. The van der Waals surface area contributed by atoms with Gasteiger partial charge >= 0.3 is 0 Å². The molecule has 2 heterocycles. The molecule has 0 saturated heterocycles. The number of anilines is 2. The number of hydrogen-bond donors (Lipinski definition) is 2. The van der Waals surface area contributed by atoms with Crippen LogP contribution in [-0.4, -0.2) is 41.0 Å². The minimum Gasteiger partial charge on any atom is -0.369 e. The van der Waals surface area contributed by atoms with Crippen LogP contribution in [0.1, 0.15) is 31.6 Å². The summed E-state index contributed by atoms with van der Waals surface area (Å²) in [6.07, 6.45) is 2.29. The number of fused-ring (bicyclic) bond motifs is 1. The summed E-state index contributed by atoms with van der Waals surface area (Å²) in [7, 11) is 2.17. The Bertz CT molecular complexity index is 593. The maximum atomic E-state index is 5.78. The van der Waals surface area contributed by atoms with E-state index in [1.54, 1.807) is 11.3 Å². The molecule has 2 rings (SSSR count). The third-order valence-corrected chi connectivity index (χ3v) is 4.59. The summed E-state index contributed by atoms with van der Waals surface area (Å²) in [5, 5.41) is 4.48. The summed E-state index contributed by atoms with van der Waals surface area (Å²) in [5.74, 6) is 1.20. The van der Waals surface area contributed by atoms with Gasteiger partial charge < -0.3 is 16.0 Å². The molecule has 0 aliphatic carbocycles. The number of unbranched alkanes of at least 4 members (excludes halogenated alkanes) is 1. The van der Waals surface area contributed by atoms with Crippen LogP contribution < -0.4 is 11.1 Å². The quantitative estimate of drug-likeness (QED) is 0.769. The number of hydrogen-bond acceptors (Lipinski definition) is 6. The van der Waals surface area contributed by atoms with E-state index < -0.39 is 0 Å². The molecule has 116 valence electrons. The second-order valence-electron chi connectivity index (χ2n) is 5.71. The molecule has 5 nitrogen and oxygen atoms in total. The molecule has 6 heteroatoms. The zero-order chi connectivity index (χ0) is 15.4. The molecule has 0 spiro atoms. The van der Waals surface area contributed by atoms with Gasteiger partial charge in [-0.25, -0.2) is 4.98 Å². The number of rotatable bonds is 7. The maximum Gasteiger partial charge on any atom is 0.223 e. The van der Waals surface area contributed by atoms with Crippen LogP contribution in [0.15, 0.2) is 6.07 Å². The van der Waals surface area contributed by atoms with E-state index in [1.807, 2.05) is 0 Å². The topological polar surface area (TPSA) is 67.1 Å². The first-order chi connectivity index (χ1) is 9.97. The fourth-order valence-electron chi connectivity index (χ4n) is 2.14. The number of aryl methyl sites for hydroxylation is 1. The van der Waals surface area contributed by atoms with Gasteiger partial charge in [0.1, 0.15) is 10.6 Å². The first kappa shape index (κ1) is 16.0. The predicted octanol–water partition coefficient (Wildman–Crippen LogP) is 3.11. The van der Waals surface area contributed by atoms with E-state index in [0.29, 0.717) is 12.0 Å². The second-order valence-corrected chi connectivity index (χ2v) is 6.95. The van der Waals surface area contributed by atoms with E-state index in [4.69, 9.17) is 5.73 Å². The molecule has 0 saturated carbocycles. The number of nitrogens with two attached hydrogens (primary N) is 1. The molecule has 0 bridgehead atoms. The smallest absolute Gasteiger partial charge is 0.223 e. The minimum absolute atomic E-state index is 0.339. The summed E-state index contributed by atoms with van der Waals surface area (Å²) >= 11 is 1.65. The summed E-state index contributed by atoms with van der Waals surface area (Å²) in [6, 6.07) is 2.72. The van der Waals surface area contributed by atoms with Gasteiger partial charge in [-0.1, -0.05) is 0 Å². The Morgan fingerprint density at radius 2 is 2.10 bits per heavy atom. The van der Waals surface area contributed by atoms with Gasteiger partial charge in [-0.3, -0.25) is 0 Å². The van der Waals surface area contributed by atoms with Crippen LogP contribution in [0, 0.1) is 6.92 Å². The van der Waals surface area contributed by atoms with E-state index in [2.05, 4.69) is 54.1 Å². The SMILES string of the molecule is Cc1cc2c(NCCCCN(C)C(C)C)nc(N)nc2s1. The number of nitrogens with zero attached hydrogens (tertiary/aromatic N) is 3. The third-order valence-electron chi connectivity index (χ3n) is 3.64. The fraction of sp³-hybridized carbons (Fsp3) is 0.600. The molecule has 21 heavy (non-hydrogen) atoms. The summed E-state index contributed by atoms with van der Waals surface area (Å²) in [6.45, 7) is 8.55. The van der Waals surface area contributed by atoms with Crippen LogP contribution in [-0.2, 0) is 0 Å². The van der Waals surface area contributed by atoms with Gasteiger partial charge in [0, 0.05) is 17.5 Å². The molecule has 2 aromatic rings. The molecule has 0 aliphatic heterocycles. The molecule has 0 fully saturated rings. The van der Waals surface area contributed by atoms with E-state index in [9.17, 15) is 0 Å². The minimum atomic E-state index is 0.339. The van der Waals surface area contributed by atoms with Crippen molar-refractivity contribution in [2.24, 2.45) is 0 Å².